The van der Waals surface area contributed by atoms with Crippen LogP contribution in [0.1, 0.15) is 323 Å². The third-order valence-electron chi connectivity index (χ3n) is 14.5. The first-order chi connectivity index (χ1) is 39.5. The van der Waals surface area contributed by atoms with Crippen LogP contribution in [0.25, 0.3) is 0 Å². The molecule has 0 N–H and O–H groups in total. The van der Waals surface area contributed by atoms with Gasteiger partial charge in [0.1, 0.15) is 13.2 Å². The van der Waals surface area contributed by atoms with E-state index in [9.17, 15) is 14.4 Å². The average molecular weight is 1110 g/mol. The molecule has 0 spiro atoms. The Balaban J connectivity index is 4.41. The van der Waals surface area contributed by atoms with Crippen LogP contribution in [-0.4, -0.2) is 37.2 Å². The van der Waals surface area contributed by atoms with Gasteiger partial charge < -0.3 is 14.2 Å². The summed E-state index contributed by atoms with van der Waals surface area (Å²) in [6.45, 7) is 6.40. The molecule has 0 radical (unpaired) electrons. The summed E-state index contributed by atoms with van der Waals surface area (Å²) in [6, 6.07) is 0. The number of ether oxygens (including phenoxy) is 3. The van der Waals surface area contributed by atoms with Crippen molar-refractivity contribution < 1.29 is 28.6 Å². The predicted octanol–water partition coefficient (Wildman–Crippen LogP) is 23.4. The highest BCUT2D eigenvalue weighted by atomic mass is 16.6. The van der Waals surface area contributed by atoms with E-state index in [0.29, 0.717) is 19.3 Å². The van der Waals surface area contributed by atoms with Gasteiger partial charge in [-0.1, -0.05) is 316 Å². The number of carbonyl (C=O) groups excluding carboxylic acids is 3. The van der Waals surface area contributed by atoms with Crippen LogP contribution >= 0.6 is 0 Å². The molecule has 0 aliphatic carbocycles. The summed E-state index contributed by atoms with van der Waals surface area (Å²) in [4.78, 5) is 38.4. The number of hydrogen-bond donors (Lipinski definition) is 0. The second-order valence-electron chi connectivity index (χ2n) is 22.3. The molecule has 0 rings (SSSR count). The highest BCUT2D eigenvalue weighted by Gasteiger charge is 2.19. The van der Waals surface area contributed by atoms with Gasteiger partial charge in [-0.05, 0) is 96.3 Å². The largest absolute Gasteiger partial charge is 0.462 e. The Labute approximate surface area is 495 Å². The van der Waals surface area contributed by atoms with Gasteiger partial charge in [0.2, 0.25) is 0 Å². The zero-order chi connectivity index (χ0) is 57.8. The lowest BCUT2D eigenvalue weighted by molar-refractivity contribution is -0.167. The van der Waals surface area contributed by atoms with E-state index in [1.165, 1.54) is 173 Å². The first kappa shape index (κ1) is 76.1. The minimum absolute atomic E-state index is 0.0965. The van der Waals surface area contributed by atoms with Crippen LogP contribution in [0.3, 0.4) is 0 Å². The molecule has 0 aliphatic rings. The van der Waals surface area contributed by atoms with Gasteiger partial charge in [-0.25, -0.2) is 0 Å². The van der Waals surface area contributed by atoms with E-state index < -0.39 is 6.10 Å². The maximum Gasteiger partial charge on any atom is 0.306 e. The van der Waals surface area contributed by atoms with Crippen LogP contribution in [-0.2, 0) is 28.6 Å². The SMILES string of the molecule is CC/C=C\C/C=C\C/C=C\C/C=C\C/C=C\CCCC(=O)OCC(COC(=O)CCCCCCCCCCCC/C=C\C/C=C\C/C=C\C/C=C\CC)OC(=O)CCCCCCCCCCCCCCCCCCCCCCCC. The smallest absolute Gasteiger partial charge is 0.306 e. The van der Waals surface area contributed by atoms with Crippen molar-refractivity contribution in [1.29, 1.82) is 0 Å². The summed E-state index contributed by atoms with van der Waals surface area (Å²) in [5.41, 5.74) is 0. The molecule has 458 valence electrons. The van der Waals surface area contributed by atoms with Crippen LogP contribution in [0, 0.1) is 0 Å². The molecule has 80 heavy (non-hydrogen) atoms. The molecule has 6 heteroatoms. The van der Waals surface area contributed by atoms with E-state index in [1.807, 2.05) is 0 Å². The van der Waals surface area contributed by atoms with Gasteiger partial charge in [-0.2, -0.15) is 0 Å². The van der Waals surface area contributed by atoms with Crippen molar-refractivity contribution in [2.45, 2.75) is 329 Å². The zero-order valence-electron chi connectivity index (χ0n) is 52.6. The molecule has 0 aromatic rings. The summed E-state index contributed by atoms with van der Waals surface area (Å²) < 4.78 is 16.9. The minimum Gasteiger partial charge on any atom is -0.462 e. The fraction of sp³-hybridized carbons (Fsp3) is 0.716. The van der Waals surface area contributed by atoms with E-state index in [1.54, 1.807) is 0 Å². The number of carbonyl (C=O) groups is 3. The molecular formula is C74H126O6. The fourth-order valence-corrected chi connectivity index (χ4v) is 9.53. The van der Waals surface area contributed by atoms with Gasteiger partial charge in [-0.15, -0.1) is 0 Å². The first-order valence-corrected chi connectivity index (χ1v) is 33.9. The van der Waals surface area contributed by atoms with Gasteiger partial charge in [0.05, 0.1) is 0 Å². The van der Waals surface area contributed by atoms with E-state index >= 15 is 0 Å². The van der Waals surface area contributed by atoms with Crippen LogP contribution < -0.4 is 0 Å². The number of unbranched alkanes of at least 4 members (excludes halogenated alkanes) is 32. The van der Waals surface area contributed by atoms with E-state index in [-0.39, 0.29) is 37.5 Å². The molecular weight excluding hydrogens is 985 g/mol. The lowest BCUT2D eigenvalue weighted by atomic mass is 10.0. The Hall–Kier alpha value is -3.93. The molecule has 0 aromatic carbocycles. The predicted molar refractivity (Wildman–Crippen MR) is 348 cm³/mol. The van der Waals surface area contributed by atoms with Crippen molar-refractivity contribution >= 4 is 17.9 Å². The number of hydrogen-bond acceptors (Lipinski definition) is 6. The lowest BCUT2D eigenvalue weighted by Gasteiger charge is -2.18. The molecule has 0 amide bonds. The highest BCUT2D eigenvalue weighted by Crippen LogP contribution is 2.17. The summed E-state index contributed by atoms with van der Waals surface area (Å²) in [7, 11) is 0. The third-order valence-corrected chi connectivity index (χ3v) is 14.5. The quantitative estimate of drug-likeness (QED) is 0.0261. The van der Waals surface area contributed by atoms with Crippen molar-refractivity contribution in [3.05, 3.63) is 109 Å². The maximum absolute atomic E-state index is 13.0. The van der Waals surface area contributed by atoms with E-state index in [4.69, 9.17) is 14.2 Å². The van der Waals surface area contributed by atoms with Crippen LogP contribution in [0.2, 0.25) is 0 Å². The lowest BCUT2D eigenvalue weighted by Crippen LogP contribution is -2.30. The summed E-state index contributed by atoms with van der Waals surface area (Å²) in [5.74, 6) is -0.947. The first-order valence-electron chi connectivity index (χ1n) is 33.9. The van der Waals surface area contributed by atoms with Gasteiger partial charge in [0.25, 0.3) is 0 Å². The molecule has 0 saturated heterocycles. The normalized spacial score (nSPS) is 12.8. The molecule has 0 fully saturated rings. The van der Waals surface area contributed by atoms with Crippen LogP contribution in [0.5, 0.6) is 0 Å². The Morgan fingerprint density at radius 1 is 0.263 bits per heavy atom. The number of esters is 3. The Bertz CT molecular complexity index is 1610. The van der Waals surface area contributed by atoms with Gasteiger partial charge >= 0.3 is 17.9 Å². The van der Waals surface area contributed by atoms with Crippen molar-refractivity contribution in [1.82, 2.24) is 0 Å². The van der Waals surface area contributed by atoms with Crippen molar-refractivity contribution in [3.63, 3.8) is 0 Å². The molecule has 0 aromatic heterocycles. The molecule has 0 saturated carbocycles. The minimum atomic E-state index is -0.805. The monoisotopic (exact) mass is 1110 g/mol. The number of rotatable bonds is 61. The van der Waals surface area contributed by atoms with Crippen molar-refractivity contribution in [2.24, 2.45) is 0 Å². The van der Waals surface area contributed by atoms with Crippen LogP contribution in [0.15, 0.2) is 109 Å². The van der Waals surface area contributed by atoms with Crippen molar-refractivity contribution in [3.8, 4) is 0 Å². The second-order valence-corrected chi connectivity index (χ2v) is 22.3. The Morgan fingerprint density at radius 3 is 0.812 bits per heavy atom. The zero-order valence-corrected chi connectivity index (χ0v) is 52.6. The molecule has 0 heterocycles. The molecule has 1 unspecified atom stereocenters. The summed E-state index contributed by atoms with van der Waals surface area (Å²) >= 11 is 0. The van der Waals surface area contributed by atoms with E-state index in [0.717, 1.165) is 103 Å². The van der Waals surface area contributed by atoms with Crippen LogP contribution in [0.4, 0.5) is 0 Å². The summed E-state index contributed by atoms with van der Waals surface area (Å²) in [5, 5.41) is 0. The standard InChI is InChI=1S/C74H126O6/c1-4-7-10-13-16-19-22-25-28-31-33-35-37-39-40-43-46-49-52-55-58-61-64-67-73(76)79-70-71(69-78-72(75)66-63-60-57-54-51-48-45-42-30-27-24-21-18-15-12-9-6-3)80-74(77)68-65-62-59-56-53-50-47-44-41-38-36-34-32-29-26-23-20-17-14-11-8-5-2/h7,9-10,12,16,18-19,21,25,27-28,30,33,35,45,48,54,57,71H,4-6,8,11,13-15,17,20,22-24,26,29,31-32,34,36-44,46-47,49-53,55-56,58-70H2,1-3H3/b10-7-,12-9-,19-16-,21-18-,28-25-,30-27-,35-33-,48-45-,57-54-. The maximum atomic E-state index is 13.0. The van der Waals surface area contributed by atoms with E-state index in [2.05, 4.69) is 130 Å². The Kier molecular flexibility index (Phi) is 64.3. The second kappa shape index (κ2) is 67.6. The van der Waals surface area contributed by atoms with Crippen molar-refractivity contribution in [2.75, 3.05) is 13.2 Å². The molecule has 0 bridgehead atoms. The topological polar surface area (TPSA) is 78.9 Å². The van der Waals surface area contributed by atoms with Gasteiger partial charge in [0.15, 0.2) is 6.10 Å². The fourth-order valence-electron chi connectivity index (χ4n) is 9.53. The Morgan fingerprint density at radius 2 is 0.500 bits per heavy atom. The molecule has 0 aliphatic heterocycles. The average Bonchev–Trinajstić information content (AvgIpc) is 3.46. The molecule has 1 atom stereocenters. The highest BCUT2D eigenvalue weighted by molar-refractivity contribution is 5.71. The van der Waals surface area contributed by atoms with Gasteiger partial charge in [0, 0.05) is 19.3 Å². The number of allylic oxidation sites excluding steroid dienone is 18. The van der Waals surface area contributed by atoms with Gasteiger partial charge in [-0.3, -0.25) is 14.4 Å². The third kappa shape index (κ3) is 64.9. The summed E-state index contributed by atoms with van der Waals surface area (Å²) in [6.07, 6.45) is 92.5. The molecule has 6 nitrogen and oxygen atoms in total.